The SMILES string of the molecule is O=C(O)CCCCc1nc(-c2ccsc2)no1. The first kappa shape index (κ1) is 11.8. The highest BCUT2D eigenvalue weighted by molar-refractivity contribution is 7.08. The number of nitrogens with zero attached hydrogens (tertiary/aromatic N) is 2. The Hall–Kier alpha value is -1.69. The van der Waals surface area contributed by atoms with Crippen molar-refractivity contribution in [1.82, 2.24) is 10.1 Å². The Kier molecular flexibility index (Phi) is 3.87. The van der Waals surface area contributed by atoms with Gasteiger partial charge in [-0.25, -0.2) is 0 Å². The number of aryl methyl sites for hydroxylation is 1. The average Bonchev–Trinajstić information content (AvgIpc) is 2.94. The van der Waals surface area contributed by atoms with E-state index in [0.717, 1.165) is 12.0 Å². The summed E-state index contributed by atoms with van der Waals surface area (Å²) >= 11 is 1.58. The number of hydrogen-bond acceptors (Lipinski definition) is 5. The lowest BCUT2D eigenvalue weighted by molar-refractivity contribution is -0.137. The third-order valence-electron chi connectivity index (χ3n) is 2.28. The molecule has 6 heteroatoms. The zero-order chi connectivity index (χ0) is 12.1. The summed E-state index contributed by atoms with van der Waals surface area (Å²) in [5, 5.41) is 16.3. The van der Waals surface area contributed by atoms with Crippen molar-refractivity contribution in [3.05, 3.63) is 22.7 Å². The summed E-state index contributed by atoms with van der Waals surface area (Å²) in [7, 11) is 0. The van der Waals surface area contributed by atoms with E-state index in [4.69, 9.17) is 9.63 Å². The zero-order valence-electron chi connectivity index (χ0n) is 9.13. The molecule has 0 saturated carbocycles. The molecule has 0 spiro atoms. The van der Waals surface area contributed by atoms with E-state index in [-0.39, 0.29) is 6.42 Å². The van der Waals surface area contributed by atoms with E-state index in [1.807, 2.05) is 16.8 Å². The van der Waals surface area contributed by atoms with E-state index in [0.29, 0.717) is 24.6 Å². The molecule has 0 aromatic carbocycles. The van der Waals surface area contributed by atoms with Gasteiger partial charge in [0, 0.05) is 23.8 Å². The maximum atomic E-state index is 10.3. The Labute approximate surface area is 102 Å². The quantitative estimate of drug-likeness (QED) is 0.800. The van der Waals surface area contributed by atoms with Crippen LogP contribution in [-0.4, -0.2) is 21.2 Å². The Morgan fingerprint density at radius 3 is 3.06 bits per heavy atom. The van der Waals surface area contributed by atoms with Crippen molar-refractivity contribution in [3.63, 3.8) is 0 Å². The molecule has 2 rings (SSSR count). The second-order valence-corrected chi connectivity index (χ2v) is 4.40. The molecule has 0 amide bonds. The van der Waals surface area contributed by atoms with Crippen molar-refractivity contribution in [1.29, 1.82) is 0 Å². The fourth-order valence-electron chi connectivity index (χ4n) is 1.42. The topological polar surface area (TPSA) is 76.2 Å². The van der Waals surface area contributed by atoms with Crippen LogP contribution >= 0.6 is 11.3 Å². The molecular weight excluding hydrogens is 240 g/mol. The van der Waals surface area contributed by atoms with Gasteiger partial charge in [-0.15, -0.1) is 0 Å². The number of carboxylic acids is 1. The fourth-order valence-corrected chi connectivity index (χ4v) is 2.05. The van der Waals surface area contributed by atoms with Gasteiger partial charge in [0.2, 0.25) is 11.7 Å². The van der Waals surface area contributed by atoms with Crippen LogP contribution in [0, 0.1) is 0 Å². The maximum Gasteiger partial charge on any atom is 0.303 e. The fraction of sp³-hybridized carbons (Fsp3) is 0.364. The number of aromatic nitrogens is 2. The third kappa shape index (κ3) is 3.39. The maximum absolute atomic E-state index is 10.3. The van der Waals surface area contributed by atoms with Crippen LogP contribution in [0.15, 0.2) is 21.3 Å². The van der Waals surface area contributed by atoms with Crippen molar-refractivity contribution in [2.75, 3.05) is 0 Å². The van der Waals surface area contributed by atoms with Gasteiger partial charge in [-0.05, 0) is 24.3 Å². The molecule has 0 fully saturated rings. The first-order chi connectivity index (χ1) is 8.25. The highest BCUT2D eigenvalue weighted by atomic mass is 32.1. The largest absolute Gasteiger partial charge is 0.481 e. The Morgan fingerprint density at radius 1 is 1.47 bits per heavy atom. The van der Waals surface area contributed by atoms with Gasteiger partial charge in [-0.1, -0.05) is 5.16 Å². The van der Waals surface area contributed by atoms with Crippen molar-refractivity contribution in [2.24, 2.45) is 0 Å². The van der Waals surface area contributed by atoms with Crippen LogP contribution in [0.5, 0.6) is 0 Å². The summed E-state index contributed by atoms with van der Waals surface area (Å²) in [6.07, 6.45) is 2.19. The predicted molar refractivity (Wildman–Crippen MR) is 62.8 cm³/mol. The highest BCUT2D eigenvalue weighted by Gasteiger charge is 2.08. The van der Waals surface area contributed by atoms with Gasteiger partial charge < -0.3 is 9.63 Å². The lowest BCUT2D eigenvalue weighted by Gasteiger charge is -1.93. The molecule has 17 heavy (non-hydrogen) atoms. The van der Waals surface area contributed by atoms with Crippen molar-refractivity contribution < 1.29 is 14.4 Å². The number of hydrogen-bond donors (Lipinski definition) is 1. The molecule has 0 atom stereocenters. The van der Waals surface area contributed by atoms with Crippen LogP contribution < -0.4 is 0 Å². The molecule has 0 aliphatic carbocycles. The summed E-state index contributed by atoms with van der Waals surface area (Å²) in [6.45, 7) is 0. The molecule has 2 heterocycles. The molecule has 0 radical (unpaired) electrons. The Bertz CT molecular complexity index is 479. The molecule has 0 saturated heterocycles. The summed E-state index contributed by atoms with van der Waals surface area (Å²) in [6, 6.07) is 1.93. The van der Waals surface area contributed by atoms with E-state index in [1.54, 1.807) is 11.3 Å². The zero-order valence-corrected chi connectivity index (χ0v) is 9.94. The molecule has 2 aromatic rings. The van der Waals surface area contributed by atoms with E-state index in [9.17, 15) is 4.79 Å². The number of carbonyl (C=O) groups is 1. The van der Waals surface area contributed by atoms with Crippen molar-refractivity contribution in [3.8, 4) is 11.4 Å². The van der Waals surface area contributed by atoms with Crippen LogP contribution in [0.4, 0.5) is 0 Å². The summed E-state index contributed by atoms with van der Waals surface area (Å²) < 4.78 is 5.09. The summed E-state index contributed by atoms with van der Waals surface area (Å²) in [4.78, 5) is 14.6. The molecule has 0 unspecified atom stereocenters. The second kappa shape index (κ2) is 5.58. The van der Waals surface area contributed by atoms with Gasteiger partial charge >= 0.3 is 5.97 Å². The average molecular weight is 252 g/mol. The van der Waals surface area contributed by atoms with Gasteiger partial charge in [-0.2, -0.15) is 16.3 Å². The van der Waals surface area contributed by atoms with E-state index in [1.165, 1.54) is 0 Å². The summed E-state index contributed by atoms with van der Waals surface area (Å²) in [5.74, 6) is 0.394. The van der Waals surface area contributed by atoms with Crippen LogP contribution in [0.3, 0.4) is 0 Å². The van der Waals surface area contributed by atoms with Gasteiger partial charge in [0.15, 0.2) is 0 Å². The number of carboxylic acid groups (broad SMARTS) is 1. The molecule has 0 aliphatic heterocycles. The number of thiophene rings is 1. The Morgan fingerprint density at radius 2 is 2.35 bits per heavy atom. The van der Waals surface area contributed by atoms with Gasteiger partial charge in [0.25, 0.3) is 0 Å². The molecule has 5 nitrogen and oxygen atoms in total. The highest BCUT2D eigenvalue weighted by Crippen LogP contribution is 2.19. The van der Waals surface area contributed by atoms with E-state index in [2.05, 4.69) is 10.1 Å². The third-order valence-corrected chi connectivity index (χ3v) is 2.96. The number of rotatable bonds is 6. The van der Waals surface area contributed by atoms with Gasteiger partial charge in [0.05, 0.1) is 0 Å². The molecule has 0 aliphatic rings. The first-order valence-electron chi connectivity index (χ1n) is 5.32. The minimum absolute atomic E-state index is 0.186. The summed E-state index contributed by atoms with van der Waals surface area (Å²) in [5.41, 5.74) is 0.954. The number of unbranched alkanes of at least 4 members (excludes halogenated alkanes) is 1. The van der Waals surface area contributed by atoms with Crippen LogP contribution in [0.2, 0.25) is 0 Å². The number of aliphatic carboxylic acids is 1. The molecular formula is C11H12N2O3S. The van der Waals surface area contributed by atoms with Crippen molar-refractivity contribution >= 4 is 17.3 Å². The minimum Gasteiger partial charge on any atom is -0.481 e. The van der Waals surface area contributed by atoms with E-state index < -0.39 is 5.97 Å². The Balaban J connectivity index is 1.84. The lowest BCUT2D eigenvalue weighted by Crippen LogP contribution is -1.95. The minimum atomic E-state index is -0.769. The van der Waals surface area contributed by atoms with E-state index >= 15 is 0 Å². The normalized spacial score (nSPS) is 10.6. The van der Waals surface area contributed by atoms with Crippen molar-refractivity contribution in [2.45, 2.75) is 25.7 Å². The van der Waals surface area contributed by atoms with Gasteiger partial charge in [-0.3, -0.25) is 4.79 Å². The predicted octanol–water partition coefficient (Wildman–Crippen LogP) is 2.60. The lowest BCUT2D eigenvalue weighted by atomic mass is 10.2. The first-order valence-corrected chi connectivity index (χ1v) is 6.27. The molecule has 2 aromatic heterocycles. The smallest absolute Gasteiger partial charge is 0.303 e. The molecule has 90 valence electrons. The monoisotopic (exact) mass is 252 g/mol. The van der Waals surface area contributed by atoms with Gasteiger partial charge in [0.1, 0.15) is 0 Å². The van der Waals surface area contributed by atoms with Crippen LogP contribution in [-0.2, 0) is 11.2 Å². The van der Waals surface area contributed by atoms with Crippen LogP contribution in [0.25, 0.3) is 11.4 Å². The molecule has 0 bridgehead atoms. The second-order valence-electron chi connectivity index (χ2n) is 3.62. The molecule has 1 N–H and O–H groups in total. The standard InChI is InChI=1S/C11H12N2O3S/c14-10(15)4-2-1-3-9-12-11(13-16-9)8-5-6-17-7-8/h5-7H,1-4H2,(H,14,15). The van der Waals surface area contributed by atoms with Crippen LogP contribution in [0.1, 0.15) is 25.2 Å².